The van der Waals surface area contributed by atoms with Gasteiger partial charge in [0.15, 0.2) is 0 Å². The average molecular weight is 252 g/mol. The van der Waals surface area contributed by atoms with Crippen LogP contribution in [0.4, 0.5) is 5.82 Å². The molecule has 96 valence electrons. The number of nitrogen functional groups attached to an aromatic ring is 1. The Hall–Kier alpha value is -2.36. The van der Waals surface area contributed by atoms with Crippen LogP contribution in [-0.2, 0) is 13.0 Å². The largest absolute Gasteiger partial charge is 0.383 e. The van der Waals surface area contributed by atoms with E-state index in [0.29, 0.717) is 5.82 Å². The molecule has 0 saturated heterocycles. The molecule has 2 heterocycles. The predicted octanol–water partition coefficient (Wildman–Crippen LogP) is 2.65. The first-order chi connectivity index (χ1) is 9.33. The van der Waals surface area contributed by atoms with Crippen LogP contribution in [0.25, 0.3) is 10.8 Å². The first-order valence-electron chi connectivity index (χ1n) is 6.43. The van der Waals surface area contributed by atoms with Crippen molar-refractivity contribution < 1.29 is 0 Å². The first-order valence-corrected chi connectivity index (χ1v) is 6.43. The Morgan fingerprint density at radius 2 is 2.11 bits per heavy atom. The zero-order valence-electron chi connectivity index (χ0n) is 10.7. The van der Waals surface area contributed by atoms with Crippen molar-refractivity contribution in [3.63, 3.8) is 0 Å². The molecule has 4 heteroatoms. The van der Waals surface area contributed by atoms with Gasteiger partial charge in [-0.05, 0) is 24.3 Å². The quantitative estimate of drug-likeness (QED) is 0.776. The molecule has 0 aliphatic carbocycles. The summed E-state index contributed by atoms with van der Waals surface area (Å²) in [5, 5.41) is 2.19. The maximum Gasteiger partial charge on any atom is 0.131 e. The van der Waals surface area contributed by atoms with Crippen LogP contribution in [0.2, 0.25) is 0 Å². The van der Waals surface area contributed by atoms with Crippen molar-refractivity contribution in [3.05, 3.63) is 54.7 Å². The molecule has 0 radical (unpaired) electrons. The van der Waals surface area contributed by atoms with Crippen molar-refractivity contribution in [2.24, 2.45) is 0 Å². The standard InChI is InChI=1S/C15H16N4/c16-15-14-6-2-1-4-12(14)10-13(18-15)5-3-8-19-9-7-17-11-19/h1-2,4,6-7,9-11H,3,5,8H2,(H2,16,18). The summed E-state index contributed by atoms with van der Waals surface area (Å²) < 4.78 is 2.07. The molecule has 19 heavy (non-hydrogen) atoms. The van der Waals surface area contributed by atoms with Crippen LogP contribution < -0.4 is 5.73 Å². The second-order valence-electron chi connectivity index (χ2n) is 4.62. The van der Waals surface area contributed by atoms with E-state index < -0.39 is 0 Å². The van der Waals surface area contributed by atoms with Crippen molar-refractivity contribution in [2.45, 2.75) is 19.4 Å². The van der Waals surface area contributed by atoms with Gasteiger partial charge in [-0.1, -0.05) is 24.3 Å². The number of hydrogen-bond donors (Lipinski definition) is 1. The average Bonchev–Trinajstić information content (AvgIpc) is 2.92. The summed E-state index contributed by atoms with van der Waals surface area (Å²) in [5.74, 6) is 0.621. The minimum Gasteiger partial charge on any atom is -0.383 e. The van der Waals surface area contributed by atoms with Gasteiger partial charge in [-0.15, -0.1) is 0 Å². The van der Waals surface area contributed by atoms with Crippen molar-refractivity contribution in [3.8, 4) is 0 Å². The third-order valence-corrected chi connectivity index (χ3v) is 3.23. The number of anilines is 1. The number of pyridine rings is 1. The zero-order valence-corrected chi connectivity index (χ0v) is 10.7. The van der Waals surface area contributed by atoms with E-state index in [4.69, 9.17) is 5.73 Å². The Balaban J connectivity index is 1.74. The van der Waals surface area contributed by atoms with Crippen LogP contribution in [0.1, 0.15) is 12.1 Å². The summed E-state index contributed by atoms with van der Waals surface area (Å²) in [6.45, 7) is 0.953. The Morgan fingerprint density at radius 1 is 1.21 bits per heavy atom. The lowest BCUT2D eigenvalue weighted by Crippen LogP contribution is -2.00. The monoisotopic (exact) mass is 252 g/mol. The van der Waals surface area contributed by atoms with Crippen LogP contribution in [0.15, 0.2) is 49.1 Å². The van der Waals surface area contributed by atoms with Gasteiger partial charge in [0.1, 0.15) is 5.82 Å². The molecule has 2 N–H and O–H groups in total. The molecular weight excluding hydrogens is 236 g/mol. The molecule has 0 unspecified atom stereocenters. The molecular formula is C15H16N4. The Morgan fingerprint density at radius 3 is 2.95 bits per heavy atom. The summed E-state index contributed by atoms with van der Waals surface area (Å²) in [6, 6.07) is 10.2. The van der Waals surface area contributed by atoms with Crippen LogP contribution in [0.3, 0.4) is 0 Å². The summed E-state index contributed by atoms with van der Waals surface area (Å²) in [7, 11) is 0. The normalized spacial score (nSPS) is 10.9. The number of aryl methyl sites for hydroxylation is 2. The van der Waals surface area contributed by atoms with Crippen LogP contribution in [-0.4, -0.2) is 14.5 Å². The third kappa shape index (κ3) is 2.57. The Labute approximate surface area is 111 Å². The number of hydrogen-bond acceptors (Lipinski definition) is 3. The fourth-order valence-corrected chi connectivity index (χ4v) is 2.27. The molecule has 0 fully saturated rings. The van der Waals surface area contributed by atoms with E-state index in [1.54, 1.807) is 6.20 Å². The second kappa shape index (κ2) is 5.10. The number of imidazole rings is 1. The SMILES string of the molecule is Nc1nc(CCCn2ccnc2)cc2ccccc12. The number of rotatable bonds is 4. The maximum absolute atomic E-state index is 6.00. The van der Waals surface area contributed by atoms with Crippen molar-refractivity contribution in [1.82, 2.24) is 14.5 Å². The molecule has 0 atom stereocenters. The van der Waals surface area contributed by atoms with E-state index in [1.165, 1.54) is 0 Å². The number of aromatic nitrogens is 3. The first kappa shape index (κ1) is 11.7. The number of fused-ring (bicyclic) bond motifs is 1. The lowest BCUT2D eigenvalue weighted by molar-refractivity contribution is 0.637. The molecule has 0 bridgehead atoms. The smallest absolute Gasteiger partial charge is 0.131 e. The van der Waals surface area contributed by atoms with E-state index in [-0.39, 0.29) is 0 Å². The lowest BCUT2D eigenvalue weighted by atomic mass is 10.1. The molecule has 1 aromatic carbocycles. The van der Waals surface area contributed by atoms with E-state index in [0.717, 1.165) is 35.9 Å². The fraction of sp³-hybridized carbons (Fsp3) is 0.200. The predicted molar refractivity (Wildman–Crippen MR) is 76.7 cm³/mol. The maximum atomic E-state index is 6.00. The molecule has 3 aromatic rings. The summed E-state index contributed by atoms with van der Waals surface area (Å²) in [4.78, 5) is 8.50. The van der Waals surface area contributed by atoms with Gasteiger partial charge in [0.2, 0.25) is 0 Å². The van der Waals surface area contributed by atoms with Crippen molar-refractivity contribution in [1.29, 1.82) is 0 Å². The van der Waals surface area contributed by atoms with Gasteiger partial charge in [-0.2, -0.15) is 0 Å². The highest BCUT2D eigenvalue weighted by Crippen LogP contribution is 2.20. The van der Waals surface area contributed by atoms with Crippen molar-refractivity contribution in [2.75, 3.05) is 5.73 Å². The highest BCUT2D eigenvalue weighted by Gasteiger charge is 2.03. The lowest BCUT2D eigenvalue weighted by Gasteiger charge is -2.06. The van der Waals surface area contributed by atoms with Gasteiger partial charge in [0.05, 0.1) is 6.33 Å². The topological polar surface area (TPSA) is 56.7 Å². The number of nitrogens with zero attached hydrogens (tertiary/aromatic N) is 3. The van der Waals surface area contributed by atoms with Gasteiger partial charge >= 0.3 is 0 Å². The number of benzene rings is 1. The van der Waals surface area contributed by atoms with E-state index in [1.807, 2.05) is 30.7 Å². The molecule has 0 amide bonds. The van der Waals surface area contributed by atoms with E-state index >= 15 is 0 Å². The van der Waals surface area contributed by atoms with Gasteiger partial charge < -0.3 is 10.3 Å². The minimum absolute atomic E-state index is 0.621. The van der Waals surface area contributed by atoms with Gasteiger partial charge in [0, 0.05) is 30.0 Å². The van der Waals surface area contributed by atoms with Crippen LogP contribution in [0, 0.1) is 0 Å². The second-order valence-corrected chi connectivity index (χ2v) is 4.62. The zero-order chi connectivity index (χ0) is 13.1. The van der Waals surface area contributed by atoms with Gasteiger partial charge in [-0.3, -0.25) is 0 Å². The fourth-order valence-electron chi connectivity index (χ4n) is 2.27. The highest BCUT2D eigenvalue weighted by molar-refractivity contribution is 5.91. The molecule has 2 aromatic heterocycles. The molecule has 4 nitrogen and oxygen atoms in total. The summed E-state index contributed by atoms with van der Waals surface area (Å²) >= 11 is 0. The van der Waals surface area contributed by atoms with Gasteiger partial charge in [0.25, 0.3) is 0 Å². The number of nitrogens with two attached hydrogens (primary N) is 1. The molecule has 0 aliphatic heterocycles. The van der Waals surface area contributed by atoms with Crippen LogP contribution in [0.5, 0.6) is 0 Å². The minimum atomic E-state index is 0.621. The van der Waals surface area contributed by atoms with Gasteiger partial charge in [-0.25, -0.2) is 9.97 Å². The highest BCUT2D eigenvalue weighted by atomic mass is 15.0. The van der Waals surface area contributed by atoms with E-state index in [2.05, 4.69) is 26.7 Å². The Bertz CT molecular complexity index is 674. The van der Waals surface area contributed by atoms with Crippen molar-refractivity contribution >= 4 is 16.6 Å². The van der Waals surface area contributed by atoms with Crippen LogP contribution >= 0.6 is 0 Å². The van der Waals surface area contributed by atoms with E-state index in [9.17, 15) is 0 Å². The molecule has 0 saturated carbocycles. The molecule has 3 rings (SSSR count). The molecule has 0 spiro atoms. The Kier molecular flexibility index (Phi) is 3.14. The third-order valence-electron chi connectivity index (χ3n) is 3.23. The summed E-state index contributed by atoms with van der Waals surface area (Å²) in [6.07, 6.45) is 7.56. The molecule has 0 aliphatic rings. The summed E-state index contributed by atoms with van der Waals surface area (Å²) in [5.41, 5.74) is 7.05.